The largest absolute Gasteiger partial charge is 0.393 e. The van der Waals surface area contributed by atoms with Gasteiger partial charge in [0.05, 0.1) is 12.3 Å². The Morgan fingerprint density at radius 3 is 2.37 bits per heavy atom. The molecule has 0 spiro atoms. The molecule has 1 fully saturated rings. The number of hydrogen-bond donors (Lipinski definition) is 0. The molecular weight excluding hydrogens is 240 g/mol. The van der Waals surface area contributed by atoms with Gasteiger partial charge in [-0.15, -0.1) is 0 Å². The molecule has 0 bridgehead atoms. The molecule has 0 aliphatic carbocycles. The van der Waals surface area contributed by atoms with Gasteiger partial charge in [-0.25, -0.2) is 0 Å². The third-order valence-electron chi connectivity index (χ3n) is 3.52. The maximum Gasteiger partial charge on any atom is 0.317 e. The van der Waals surface area contributed by atoms with Crippen molar-refractivity contribution in [2.45, 2.75) is 71.1 Å². The summed E-state index contributed by atoms with van der Waals surface area (Å²) in [6.45, 7) is 2.23. The van der Waals surface area contributed by atoms with Crippen molar-refractivity contribution >= 4 is 11.9 Å². The average Bonchev–Trinajstić information content (AvgIpc) is 2.70. The van der Waals surface area contributed by atoms with E-state index in [1.165, 1.54) is 44.9 Å². The van der Waals surface area contributed by atoms with Crippen LogP contribution in [-0.2, 0) is 14.3 Å². The summed E-state index contributed by atoms with van der Waals surface area (Å²) >= 11 is 0. The molecule has 1 atom stereocenters. The Morgan fingerprint density at radius 2 is 1.74 bits per heavy atom. The number of allylic oxidation sites excluding steroid dienone is 2. The summed E-state index contributed by atoms with van der Waals surface area (Å²) in [5.74, 6) is -0.973. The van der Waals surface area contributed by atoms with Gasteiger partial charge in [0, 0.05) is 0 Å². The normalized spacial score (nSPS) is 19.3. The van der Waals surface area contributed by atoms with Gasteiger partial charge in [-0.2, -0.15) is 0 Å². The number of ether oxygens (including phenoxy) is 1. The molecule has 0 saturated carbocycles. The molecule has 1 aliphatic rings. The van der Waals surface area contributed by atoms with Crippen molar-refractivity contribution in [3.63, 3.8) is 0 Å². The van der Waals surface area contributed by atoms with Crippen LogP contribution in [-0.4, -0.2) is 11.9 Å². The van der Waals surface area contributed by atoms with Crippen LogP contribution in [0.2, 0.25) is 0 Å². The average molecular weight is 266 g/mol. The SMILES string of the molecule is CCCCCCCCC/C=C\C[C@H]1CC(=O)OC1=O. The van der Waals surface area contributed by atoms with Crippen LogP contribution in [0, 0.1) is 5.92 Å². The number of hydrogen-bond acceptors (Lipinski definition) is 3. The highest BCUT2D eigenvalue weighted by Gasteiger charge is 2.31. The standard InChI is InChI=1S/C16H26O3/c1-2-3-4-5-6-7-8-9-10-11-12-14-13-15(17)19-16(14)18/h10-11,14H,2-9,12-13H2,1H3/b11-10-/t14-/m0/s1. The summed E-state index contributed by atoms with van der Waals surface area (Å²) < 4.78 is 4.50. The first-order valence-corrected chi connectivity index (χ1v) is 7.63. The lowest BCUT2D eigenvalue weighted by Gasteiger charge is -2.00. The quantitative estimate of drug-likeness (QED) is 0.258. The fraction of sp³-hybridized carbons (Fsp3) is 0.750. The van der Waals surface area contributed by atoms with Crippen LogP contribution in [0.4, 0.5) is 0 Å². The van der Waals surface area contributed by atoms with Crippen LogP contribution >= 0.6 is 0 Å². The number of carbonyl (C=O) groups is 2. The zero-order valence-electron chi connectivity index (χ0n) is 12.0. The Kier molecular flexibility index (Phi) is 8.19. The highest BCUT2D eigenvalue weighted by Crippen LogP contribution is 2.20. The number of cyclic esters (lactones) is 2. The Morgan fingerprint density at radius 1 is 1.05 bits per heavy atom. The predicted octanol–water partition coefficient (Wildman–Crippen LogP) is 4.16. The van der Waals surface area contributed by atoms with Gasteiger partial charge < -0.3 is 4.74 Å². The van der Waals surface area contributed by atoms with E-state index < -0.39 is 0 Å². The van der Waals surface area contributed by atoms with Crippen molar-refractivity contribution in [2.75, 3.05) is 0 Å². The molecule has 1 saturated heterocycles. The number of unbranched alkanes of at least 4 members (excludes halogenated alkanes) is 7. The lowest BCUT2D eigenvalue weighted by Crippen LogP contribution is -2.05. The molecule has 1 aliphatic heterocycles. The minimum Gasteiger partial charge on any atom is -0.393 e. The van der Waals surface area contributed by atoms with Gasteiger partial charge in [-0.1, -0.05) is 57.6 Å². The van der Waals surface area contributed by atoms with Gasteiger partial charge in [0.2, 0.25) is 0 Å². The van der Waals surface area contributed by atoms with Gasteiger partial charge in [-0.3, -0.25) is 9.59 Å². The highest BCUT2D eigenvalue weighted by molar-refractivity contribution is 5.94. The molecule has 0 unspecified atom stereocenters. The molecule has 0 amide bonds. The van der Waals surface area contributed by atoms with E-state index in [1.807, 2.05) is 6.08 Å². The van der Waals surface area contributed by atoms with Crippen molar-refractivity contribution in [3.05, 3.63) is 12.2 Å². The van der Waals surface area contributed by atoms with Gasteiger partial charge in [0.15, 0.2) is 0 Å². The lowest BCUT2D eigenvalue weighted by atomic mass is 10.0. The fourth-order valence-corrected chi connectivity index (χ4v) is 2.30. The zero-order chi connectivity index (χ0) is 13.9. The third-order valence-corrected chi connectivity index (χ3v) is 3.52. The van der Waals surface area contributed by atoms with Gasteiger partial charge in [0.1, 0.15) is 0 Å². The Labute approximate surface area is 116 Å². The molecule has 1 heterocycles. The molecule has 0 aromatic rings. The summed E-state index contributed by atoms with van der Waals surface area (Å²) in [6, 6.07) is 0. The van der Waals surface area contributed by atoms with Crippen molar-refractivity contribution < 1.29 is 14.3 Å². The van der Waals surface area contributed by atoms with Gasteiger partial charge in [0.25, 0.3) is 0 Å². The Bertz CT molecular complexity index is 307. The summed E-state index contributed by atoms with van der Waals surface area (Å²) in [7, 11) is 0. The lowest BCUT2D eigenvalue weighted by molar-refractivity contribution is -0.153. The summed E-state index contributed by atoms with van der Waals surface area (Å²) in [6.07, 6.45) is 15.3. The molecule has 1 rings (SSSR count). The molecule has 108 valence electrons. The van der Waals surface area contributed by atoms with Crippen molar-refractivity contribution in [1.29, 1.82) is 0 Å². The van der Waals surface area contributed by atoms with Crippen LogP contribution in [0.25, 0.3) is 0 Å². The second-order valence-corrected chi connectivity index (χ2v) is 5.31. The Balaban J connectivity index is 1.93. The zero-order valence-corrected chi connectivity index (χ0v) is 12.0. The first-order valence-electron chi connectivity index (χ1n) is 7.63. The molecule has 0 aromatic carbocycles. The smallest absolute Gasteiger partial charge is 0.317 e. The van der Waals surface area contributed by atoms with Crippen LogP contribution < -0.4 is 0 Å². The molecule has 0 aromatic heterocycles. The van der Waals surface area contributed by atoms with E-state index in [1.54, 1.807) is 0 Å². The summed E-state index contributed by atoms with van der Waals surface area (Å²) in [4.78, 5) is 22.1. The van der Waals surface area contributed by atoms with Crippen LogP contribution in [0.1, 0.15) is 71.1 Å². The first-order chi connectivity index (χ1) is 9.24. The first kappa shape index (κ1) is 15.9. The second-order valence-electron chi connectivity index (χ2n) is 5.31. The van der Waals surface area contributed by atoms with E-state index in [0.717, 1.165) is 6.42 Å². The molecular formula is C16H26O3. The van der Waals surface area contributed by atoms with Crippen LogP contribution in [0.3, 0.4) is 0 Å². The van der Waals surface area contributed by atoms with Crippen molar-refractivity contribution in [2.24, 2.45) is 5.92 Å². The van der Waals surface area contributed by atoms with Gasteiger partial charge in [-0.05, 0) is 19.3 Å². The van der Waals surface area contributed by atoms with Crippen molar-refractivity contribution in [3.8, 4) is 0 Å². The van der Waals surface area contributed by atoms with Gasteiger partial charge >= 0.3 is 11.9 Å². The van der Waals surface area contributed by atoms with E-state index in [4.69, 9.17) is 0 Å². The number of rotatable bonds is 10. The molecule has 19 heavy (non-hydrogen) atoms. The van der Waals surface area contributed by atoms with E-state index in [9.17, 15) is 9.59 Å². The molecule has 3 nitrogen and oxygen atoms in total. The van der Waals surface area contributed by atoms with E-state index in [2.05, 4.69) is 17.7 Å². The van der Waals surface area contributed by atoms with E-state index in [-0.39, 0.29) is 24.3 Å². The molecule has 0 N–H and O–H groups in total. The number of esters is 2. The second kappa shape index (κ2) is 9.76. The monoisotopic (exact) mass is 266 g/mol. The predicted molar refractivity (Wildman–Crippen MR) is 75.6 cm³/mol. The number of carbonyl (C=O) groups excluding carboxylic acids is 2. The summed E-state index contributed by atoms with van der Waals surface area (Å²) in [5.41, 5.74) is 0. The minimum absolute atomic E-state index is 0.238. The van der Waals surface area contributed by atoms with E-state index >= 15 is 0 Å². The van der Waals surface area contributed by atoms with Crippen LogP contribution in [0.15, 0.2) is 12.2 Å². The van der Waals surface area contributed by atoms with Crippen LogP contribution in [0.5, 0.6) is 0 Å². The Hall–Kier alpha value is -1.12. The highest BCUT2D eigenvalue weighted by atomic mass is 16.6. The maximum absolute atomic E-state index is 11.2. The van der Waals surface area contributed by atoms with E-state index in [0.29, 0.717) is 6.42 Å². The molecule has 0 radical (unpaired) electrons. The topological polar surface area (TPSA) is 43.4 Å². The minimum atomic E-state index is -0.379. The summed E-state index contributed by atoms with van der Waals surface area (Å²) in [5, 5.41) is 0. The molecule has 3 heteroatoms. The van der Waals surface area contributed by atoms with Crippen molar-refractivity contribution in [1.82, 2.24) is 0 Å². The fourth-order valence-electron chi connectivity index (χ4n) is 2.30. The third kappa shape index (κ3) is 7.14. The maximum atomic E-state index is 11.2.